The number of rotatable bonds is 5. The summed E-state index contributed by atoms with van der Waals surface area (Å²) in [5, 5.41) is 17.5. The number of ether oxygens (including phenoxy) is 1. The smallest absolute Gasteiger partial charge is 0.344 e. The summed E-state index contributed by atoms with van der Waals surface area (Å²) in [6.45, 7) is 1.37. The summed E-state index contributed by atoms with van der Waals surface area (Å²) in [4.78, 5) is 10.7. The van der Waals surface area contributed by atoms with E-state index in [0.29, 0.717) is 5.56 Å². The molecule has 1 aromatic carbocycles. The Hall–Kier alpha value is -1.62. The molecule has 0 aliphatic rings. The third-order valence-corrected chi connectivity index (χ3v) is 2.09. The Balaban J connectivity index is 2.84. The van der Waals surface area contributed by atoms with Crippen LogP contribution in [0.5, 0.6) is 5.75 Å². The third-order valence-electron chi connectivity index (χ3n) is 2.09. The van der Waals surface area contributed by atoms with E-state index in [0.717, 1.165) is 6.07 Å². The van der Waals surface area contributed by atoms with Gasteiger partial charge in [-0.15, -0.1) is 0 Å². The second kappa shape index (κ2) is 5.46. The van der Waals surface area contributed by atoms with Crippen molar-refractivity contribution in [3.05, 3.63) is 29.6 Å². The summed E-state index contributed by atoms with van der Waals surface area (Å²) >= 11 is 0. The monoisotopic (exact) mass is 228 g/mol. The topological polar surface area (TPSA) is 66.8 Å². The van der Waals surface area contributed by atoms with Gasteiger partial charge in [-0.3, -0.25) is 0 Å². The maximum atomic E-state index is 13.4. The second-order valence-corrected chi connectivity index (χ2v) is 3.28. The number of halogens is 1. The average Bonchev–Trinajstić information content (AvgIpc) is 2.26. The highest BCUT2D eigenvalue weighted by Crippen LogP contribution is 2.20. The summed E-state index contributed by atoms with van der Waals surface area (Å²) in [6, 6.07) is 3.91. The van der Waals surface area contributed by atoms with Crippen molar-refractivity contribution in [2.24, 2.45) is 0 Å². The van der Waals surface area contributed by atoms with Gasteiger partial charge in [0.05, 0.1) is 6.61 Å². The average molecular weight is 228 g/mol. The molecule has 1 unspecified atom stereocenters. The van der Waals surface area contributed by atoms with E-state index >= 15 is 0 Å². The van der Waals surface area contributed by atoms with E-state index in [4.69, 9.17) is 14.9 Å². The molecular weight excluding hydrogens is 215 g/mol. The van der Waals surface area contributed by atoms with Crippen LogP contribution in [0.25, 0.3) is 0 Å². The van der Waals surface area contributed by atoms with Gasteiger partial charge in [0, 0.05) is 0 Å². The lowest BCUT2D eigenvalue weighted by molar-refractivity contribution is -0.145. The molecule has 1 aromatic rings. The molecule has 0 saturated heterocycles. The number of aliphatic hydroxyl groups is 1. The van der Waals surface area contributed by atoms with E-state index in [1.165, 1.54) is 12.1 Å². The summed E-state index contributed by atoms with van der Waals surface area (Å²) in [6.07, 6.45) is -0.814. The first kappa shape index (κ1) is 12.4. The Bertz CT molecular complexity index is 378. The fraction of sp³-hybridized carbons (Fsp3) is 0.364. The largest absolute Gasteiger partial charge is 0.479 e. The van der Waals surface area contributed by atoms with Crippen LogP contribution in [0.2, 0.25) is 0 Å². The molecule has 0 spiro atoms. The molecular formula is C11H13FO4. The summed E-state index contributed by atoms with van der Waals surface area (Å²) in [7, 11) is 0. The van der Waals surface area contributed by atoms with Crippen LogP contribution in [0.3, 0.4) is 0 Å². The van der Waals surface area contributed by atoms with E-state index in [1.807, 2.05) is 0 Å². The summed E-state index contributed by atoms with van der Waals surface area (Å²) in [5.74, 6) is -1.93. The van der Waals surface area contributed by atoms with Crippen molar-refractivity contribution in [2.75, 3.05) is 0 Å². The van der Waals surface area contributed by atoms with Crippen LogP contribution < -0.4 is 4.74 Å². The van der Waals surface area contributed by atoms with Crippen LogP contribution in [0.1, 0.15) is 18.9 Å². The van der Waals surface area contributed by atoms with Crippen molar-refractivity contribution < 1.29 is 24.1 Å². The molecule has 0 saturated carbocycles. The fourth-order valence-corrected chi connectivity index (χ4v) is 1.20. The van der Waals surface area contributed by atoms with Crippen LogP contribution in [0, 0.1) is 5.82 Å². The summed E-state index contributed by atoms with van der Waals surface area (Å²) in [5.41, 5.74) is 0.410. The van der Waals surface area contributed by atoms with Gasteiger partial charge in [-0.1, -0.05) is 13.0 Å². The molecule has 0 amide bonds. The van der Waals surface area contributed by atoms with Crippen molar-refractivity contribution in [3.63, 3.8) is 0 Å². The van der Waals surface area contributed by atoms with Gasteiger partial charge in [-0.05, 0) is 24.1 Å². The van der Waals surface area contributed by atoms with Gasteiger partial charge < -0.3 is 14.9 Å². The van der Waals surface area contributed by atoms with Crippen molar-refractivity contribution in [1.82, 2.24) is 0 Å². The van der Waals surface area contributed by atoms with Crippen LogP contribution >= 0.6 is 0 Å². The van der Waals surface area contributed by atoms with E-state index < -0.39 is 17.9 Å². The SMILES string of the molecule is CCC(Oc1ccc(CO)cc1F)C(=O)O. The predicted molar refractivity (Wildman–Crippen MR) is 54.7 cm³/mol. The first-order valence-corrected chi connectivity index (χ1v) is 4.87. The molecule has 0 radical (unpaired) electrons. The van der Waals surface area contributed by atoms with Gasteiger partial charge >= 0.3 is 5.97 Å². The normalized spacial score (nSPS) is 12.2. The van der Waals surface area contributed by atoms with Gasteiger partial charge in [0.25, 0.3) is 0 Å². The number of carboxylic acid groups (broad SMARTS) is 1. The number of carbonyl (C=O) groups is 1. The molecule has 5 heteroatoms. The van der Waals surface area contributed by atoms with Gasteiger partial charge in [0.1, 0.15) is 0 Å². The van der Waals surface area contributed by atoms with E-state index in [9.17, 15) is 9.18 Å². The van der Waals surface area contributed by atoms with Crippen LogP contribution in [0.15, 0.2) is 18.2 Å². The molecule has 88 valence electrons. The zero-order chi connectivity index (χ0) is 12.1. The predicted octanol–water partition coefficient (Wildman–Crippen LogP) is 1.56. The molecule has 1 rings (SSSR count). The first-order chi connectivity index (χ1) is 7.58. The second-order valence-electron chi connectivity index (χ2n) is 3.28. The molecule has 0 bridgehead atoms. The van der Waals surface area contributed by atoms with Crippen molar-refractivity contribution in [3.8, 4) is 5.75 Å². The fourth-order valence-electron chi connectivity index (χ4n) is 1.20. The molecule has 0 fully saturated rings. The summed E-state index contributed by atoms with van der Waals surface area (Å²) < 4.78 is 18.4. The minimum absolute atomic E-state index is 0.119. The number of hydrogen-bond donors (Lipinski definition) is 2. The van der Waals surface area contributed by atoms with E-state index in [2.05, 4.69) is 0 Å². The molecule has 0 aromatic heterocycles. The third kappa shape index (κ3) is 2.93. The Morgan fingerprint density at radius 3 is 2.69 bits per heavy atom. The van der Waals surface area contributed by atoms with Crippen LogP contribution in [-0.4, -0.2) is 22.3 Å². The molecule has 0 heterocycles. The quantitative estimate of drug-likeness (QED) is 0.802. The van der Waals surface area contributed by atoms with Crippen LogP contribution in [-0.2, 0) is 11.4 Å². The van der Waals surface area contributed by atoms with Crippen molar-refractivity contribution >= 4 is 5.97 Å². The Kier molecular flexibility index (Phi) is 4.25. The maximum absolute atomic E-state index is 13.4. The Morgan fingerprint density at radius 2 is 2.25 bits per heavy atom. The van der Waals surface area contributed by atoms with Gasteiger partial charge in [0.15, 0.2) is 17.7 Å². The van der Waals surface area contributed by atoms with E-state index in [1.54, 1.807) is 6.92 Å². The van der Waals surface area contributed by atoms with E-state index in [-0.39, 0.29) is 18.8 Å². The highest BCUT2D eigenvalue weighted by molar-refractivity contribution is 5.72. The molecule has 1 atom stereocenters. The molecule has 4 nitrogen and oxygen atoms in total. The zero-order valence-electron chi connectivity index (χ0n) is 8.81. The molecule has 0 aliphatic heterocycles. The zero-order valence-corrected chi connectivity index (χ0v) is 8.81. The first-order valence-electron chi connectivity index (χ1n) is 4.87. The molecule has 16 heavy (non-hydrogen) atoms. The number of aliphatic carboxylic acids is 1. The number of hydrogen-bond acceptors (Lipinski definition) is 3. The van der Waals surface area contributed by atoms with Gasteiger partial charge in [-0.2, -0.15) is 0 Å². The Labute approximate surface area is 92.3 Å². The lowest BCUT2D eigenvalue weighted by Crippen LogP contribution is -2.26. The van der Waals surface area contributed by atoms with Gasteiger partial charge in [0.2, 0.25) is 0 Å². The number of aliphatic hydroxyl groups excluding tert-OH is 1. The van der Waals surface area contributed by atoms with Gasteiger partial charge in [-0.25, -0.2) is 9.18 Å². The maximum Gasteiger partial charge on any atom is 0.344 e. The lowest BCUT2D eigenvalue weighted by Gasteiger charge is -2.13. The number of carboxylic acids is 1. The number of benzene rings is 1. The highest BCUT2D eigenvalue weighted by atomic mass is 19.1. The molecule has 2 N–H and O–H groups in total. The van der Waals surface area contributed by atoms with Crippen molar-refractivity contribution in [1.29, 1.82) is 0 Å². The van der Waals surface area contributed by atoms with Crippen LogP contribution in [0.4, 0.5) is 4.39 Å². The minimum atomic E-state index is -1.13. The highest BCUT2D eigenvalue weighted by Gasteiger charge is 2.18. The molecule has 0 aliphatic carbocycles. The standard InChI is InChI=1S/C11H13FO4/c1-2-9(11(14)15)16-10-4-3-7(6-13)5-8(10)12/h3-5,9,13H,2,6H2,1H3,(H,14,15). The minimum Gasteiger partial charge on any atom is -0.479 e. The Morgan fingerprint density at radius 1 is 1.56 bits per heavy atom. The van der Waals surface area contributed by atoms with Crippen molar-refractivity contribution in [2.45, 2.75) is 26.1 Å². The lowest BCUT2D eigenvalue weighted by atomic mass is 10.2.